The molecule has 86 valence electrons. The van der Waals surface area contributed by atoms with Crippen LogP contribution in [0.3, 0.4) is 0 Å². The second-order valence-corrected chi connectivity index (χ2v) is 5.03. The molecule has 4 nitrogen and oxygen atoms in total. The van der Waals surface area contributed by atoms with Crippen LogP contribution in [0, 0.1) is 0 Å². The van der Waals surface area contributed by atoms with Gasteiger partial charge in [0.25, 0.3) is 0 Å². The number of aromatic carboxylic acids is 1. The van der Waals surface area contributed by atoms with Crippen molar-refractivity contribution >= 4 is 33.7 Å². The van der Waals surface area contributed by atoms with E-state index in [0.717, 1.165) is 14.4 Å². The fourth-order valence-electron chi connectivity index (χ4n) is 1.18. The second kappa shape index (κ2) is 5.29. The Balaban J connectivity index is 2.28. The molecule has 2 rings (SSSR count). The minimum atomic E-state index is -0.936. The summed E-state index contributed by atoms with van der Waals surface area (Å²) in [6.07, 6.45) is 3.10. The summed E-state index contributed by atoms with van der Waals surface area (Å²) >= 11 is 4.72. The number of carbonyl (C=O) groups is 1. The molecule has 0 unspecified atom stereocenters. The lowest BCUT2D eigenvalue weighted by atomic mass is 10.2. The van der Waals surface area contributed by atoms with Gasteiger partial charge in [0.05, 0.1) is 10.0 Å². The van der Waals surface area contributed by atoms with E-state index in [1.54, 1.807) is 24.4 Å². The molecule has 0 fully saturated rings. The molecule has 1 N–H and O–H groups in total. The van der Waals surface area contributed by atoms with E-state index in [4.69, 9.17) is 5.11 Å². The van der Waals surface area contributed by atoms with Gasteiger partial charge in [-0.15, -0.1) is 0 Å². The molecule has 0 radical (unpaired) electrons. The lowest BCUT2D eigenvalue weighted by Crippen LogP contribution is -1.95. The van der Waals surface area contributed by atoms with Crippen LogP contribution < -0.4 is 0 Å². The van der Waals surface area contributed by atoms with Crippen LogP contribution in [0.5, 0.6) is 0 Å². The summed E-state index contributed by atoms with van der Waals surface area (Å²) in [4.78, 5) is 19.6. The van der Waals surface area contributed by atoms with Crippen molar-refractivity contribution in [3.8, 4) is 0 Å². The monoisotopic (exact) mass is 310 g/mol. The van der Waals surface area contributed by atoms with Gasteiger partial charge in [-0.25, -0.2) is 14.8 Å². The Labute approximate surface area is 110 Å². The van der Waals surface area contributed by atoms with E-state index < -0.39 is 5.97 Å². The maximum atomic E-state index is 10.8. The molecule has 0 saturated heterocycles. The number of hydrogen-bond donors (Lipinski definition) is 1. The van der Waals surface area contributed by atoms with E-state index in [-0.39, 0.29) is 5.56 Å². The predicted molar refractivity (Wildman–Crippen MR) is 67.3 cm³/mol. The van der Waals surface area contributed by atoms with Crippen molar-refractivity contribution in [2.75, 3.05) is 0 Å². The van der Waals surface area contributed by atoms with E-state index in [1.807, 2.05) is 6.07 Å². The Kier molecular flexibility index (Phi) is 3.75. The number of aromatic nitrogens is 2. The maximum absolute atomic E-state index is 10.8. The largest absolute Gasteiger partial charge is 0.478 e. The van der Waals surface area contributed by atoms with E-state index >= 15 is 0 Å². The Hall–Kier alpha value is -1.40. The smallest absolute Gasteiger partial charge is 0.335 e. The summed E-state index contributed by atoms with van der Waals surface area (Å²) in [5.74, 6) is -0.936. The van der Waals surface area contributed by atoms with Crippen molar-refractivity contribution in [2.45, 2.75) is 9.92 Å². The lowest BCUT2D eigenvalue weighted by Gasteiger charge is -2.03. The fourth-order valence-corrected chi connectivity index (χ4v) is 2.45. The first kappa shape index (κ1) is 12.1. The van der Waals surface area contributed by atoms with Crippen LogP contribution in [0.4, 0.5) is 0 Å². The Morgan fingerprint density at radius 1 is 1.41 bits per heavy atom. The van der Waals surface area contributed by atoms with E-state index in [9.17, 15) is 4.79 Å². The topological polar surface area (TPSA) is 63.1 Å². The van der Waals surface area contributed by atoms with Gasteiger partial charge in [0.1, 0.15) is 11.4 Å². The number of benzene rings is 1. The molecule has 0 aliphatic rings. The first-order chi connectivity index (χ1) is 8.16. The zero-order valence-corrected chi connectivity index (χ0v) is 10.9. The van der Waals surface area contributed by atoms with Crippen molar-refractivity contribution in [3.63, 3.8) is 0 Å². The highest BCUT2D eigenvalue weighted by molar-refractivity contribution is 9.10. The van der Waals surface area contributed by atoms with E-state index in [2.05, 4.69) is 25.9 Å². The van der Waals surface area contributed by atoms with Gasteiger partial charge in [-0.3, -0.25) is 0 Å². The highest BCUT2D eigenvalue weighted by atomic mass is 79.9. The third-order valence-corrected chi connectivity index (χ3v) is 3.78. The van der Waals surface area contributed by atoms with E-state index in [1.165, 1.54) is 18.1 Å². The third-order valence-electron chi connectivity index (χ3n) is 1.93. The van der Waals surface area contributed by atoms with Crippen molar-refractivity contribution in [1.82, 2.24) is 9.97 Å². The van der Waals surface area contributed by atoms with E-state index in [0.29, 0.717) is 0 Å². The minimum Gasteiger partial charge on any atom is -0.478 e. The number of rotatable bonds is 3. The van der Waals surface area contributed by atoms with Gasteiger partial charge in [-0.05, 0) is 34.1 Å². The highest BCUT2D eigenvalue weighted by Crippen LogP contribution is 2.31. The molecule has 6 heteroatoms. The molecule has 1 aromatic heterocycles. The molecular formula is C11H7BrN2O2S. The van der Waals surface area contributed by atoms with Crippen LogP contribution in [0.25, 0.3) is 0 Å². The average molecular weight is 311 g/mol. The van der Waals surface area contributed by atoms with Crippen LogP contribution in [0.15, 0.2) is 51.2 Å². The van der Waals surface area contributed by atoms with Gasteiger partial charge < -0.3 is 5.11 Å². The van der Waals surface area contributed by atoms with Crippen molar-refractivity contribution < 1.29 is 9.90 Å². The summed E-state index contributed by atoms with van der Waals surface area (Å²) in [6, 6.07) is 6.72. The molecule has 0 amide bonds. The molecular weight excluding hydrogens is 304 g/mol. The number of halogens is 1. The summed E-state index contributed by atoms with van der Waals surface area (Å²) < 4.78 is 0.783. The molecule has 0 saturated carbocycles. The van der Waals surface area contributed by atoms with Gasteiger partial charge in [0, 0.05) is 11.1 Å². The lowest BCUT2D eigenvalue weighted by molar-refractivity contribution is 0.0696. The summed E-state index contributed by atoms with van der Waals surface area (Å²) in [5, 5.41) is 9.64. The number of carboxylic acid groups (broad SMARTS) is 1. The molecule has 1 aromatic carbocycles. The molecule has 0 aliphatic carbocycles. The number of nitrogens with zero attached hydrogens (tertiary/aromatic N) is 2. The summed E-state index contributed by atoms with van der Waals surface area (Å²) in [6.45, 7) is 0. The standard InChI is InChI=1S/C11H7BrN2O2S/c12-9-5-13-6-14-10(9)17-8-3-1-2-7(4-8)11(15)16/h1-6H,(H,15,16). The average Bonchev–Trinajstić information content (AvgIpc) is 2.32. The van der Waals surface area contributed by atoms with Gasteiger partial charge >= 0.3 is 5.97 Å². The maximum Gasteiger partial charge on any atom is 0.335 e. The van der Waals surface area contributed by atoms with Gasteiger partial charge in [0.2, 0.25) is 0 Å². The Morgan fingerprint density at radius 3 is 2.94 bits per heavy atom. The predicted octanol–water partition coefficient (Wildman–Crippen LogP) is 3.09. The summed E-state index contributed by atoms with van der Waals surface area (Å²) in [5.41, 5.74) is 0.264. The number of hydrogen-bond acceptors (Lipinski definition) is 4. The first-order valence-electron chi connectivity index (χ1n) is 4.63. The first-order valence-corrected chi connectivity index (χ1v) is 6.24. The quantitative estimate of drug-likeness (QED) is 0.883. The number of carboxylic acids is 1. The third kappa shape index (κ3) is 3.04. The molecule has 0 atom stereocenters. The molecule has 2 aromatic rings. The Bertz CT molecular complexity index is 563. The fraction of sp³-hybridized carbons (Fsp3) is 0. The Morgan fingerprint density at radius 2 is 2.24 bits per heavy atom. The normalized spacial score (nSPS) is 10.2. The molecule has 1 heterocycles. The second-order valence-electron chi connectivity index (χ2n) is 3.11. The zero-order valence-electron chi connectivity index (χ0n) is 8.50. The SMILES string of the molecule is O=C(O)c1cccc(Sc2ncncc2Br)c1. The van der Waals surface area contributed by atoms with Gasteiger partial charge in [0.15, 0.2) is 0 Å². The minimum absolute atomic E-state index is 0.264. The summed E-state index contributed by atoms with van der Waals surface area (Å²) in [7, 11) is 0. The molecule has 0 bridgehead atoms. The highest BCUT2D eigenvalue weighted by Gasteiger charge is 2.07. The van der Waals surface area contributed by atoms with Crippen molar-refractivity contribution in [3.05, 3.63) is 46.8 Å². The molecule has 17 heavy (non-hydrogen) atoms. The molecule has 0 aliphatic heterocycles. The van der Waals surface area contributed by atoms with Crippen molar-refractivity contribution in [2.24, 2.45) is 0 Å². The van der Waals surface area contributed by atoms with Crippen LogP contribution in [0.1, 0.15) is 10.4 Å². The van der Waals surface area contributed by atoms with Crippen molar-refractivity contribution in [1.29, 1.82) is 0 Å². The van der Waals surface area contributed by atoms with Gasteiger partial charge in [-0.2, -0.15) is 0 Å². The van der Waals surface area contributed by atoms with Gasteiger partial charge in [-0.1, -0.05) is 17.8 Å². The van der Waals surface area contributed by atoms with Crippen LogP contribution in [-0.4, -0.2) is 21.0 Å². The van der Waals surface area contributed by atoms with Crippen LogP contribution in [0.2, 0.25) is 0 Å². The van der Waals surface area contributed by atoms with Crippen LogP contribution >= 0.6 is 27.7 Å². The zero-order chi connectivity index (χ0) is 12.3. The molecule has 0 spiro atoms. The van der Waals surface area contributed by atoms with Crippen LogP contribution in [-0.2, 0) is 0 Å².